The first-order chi connectivity index (χ1) is 25.4. The fourth-order valence-corrected chi connectivity index (χ4v) is 13.5. The summed E-state index contributed by atoms with van der Waals surface area (Å²) in [5.41, 5.74) is 7.77. The van der Waals surface area contributed by atoms with E-state index in [0.717, 1.165) is 37.2 Å². The summed E-state index contributed by atoms with van der Waals surface area (Å²) in [5, 5.41) is 7.98. The van der Waals surface area contributed by atoms with Crippen LogP contribution in [0.2, 0.25) is 0 Å². The third kappa shape index (κ3) is 5.99. The van der Waals surface area contributed by atoms with Crippen molar-refractivity contribution in [2.45, 2.75) is 65.6 Å². The van der Waals surface area contributed by atoms with Crippen LogP contribution in [-0.4, -0.2) is 5.79 Å². The summed E-state index contributed by atoms with van der Waals surface area (Å²) in [6, 6.07) is 50.4. The van der Waals surface area contributed by atoms with Crippen LogP contribution in [0, 0.1) is 39.5 Å². The molecule has 0 saturated heterocycles. The molecule has 9 rings (SSSR count). The zero-order chi connectivity index (χ0) is 35.4. The Labute approximate surface area is 311 Å². The summed E-state index contributed by atoms with van der Waals surface area (Å²) >= 11 is 0. The van der Waals surface area contributed by atoms with Crippen LogP contribution in [0.25, 0.3) is 0 Å². The number of hydrogen-bond acceptors (Lipinski definition) is 2. The molecule has 2 nitrogen and oxygen atoms in total. The van der Waals surface area contributed by atoms with Gasteiger partial charge < -0.3 is 9.47 Å². The second-order valence-electron chi connectivity index (χ2n) is 15.2. The van der Waals surface area contributed by atoms with Crippen molar-refractivity contribution >= 4 is 47.7 Å². The highest BCUT2D eigenvalue weighted by Crippen LogP contribution is 2.55. The summed E-state index contributed by atoms with van der Waals surface area (Å²) in [6.45, 7) is 8.68. The third-order valence-electron chi connectivity index (χ3n) is 11.5. The normalized spacial score (nSPS) is 20.3. The van der Waals surface area contributed by atoms with E-state index in [0.29, 0.717) is 11.8 Å². The van der Waals surface area contributed by atoms with Crippen LogP contribution < -0.4 is 41.3 Å². The number of rotatable bonds is 6. The van der Waals surface area contributed by atoms with Gasteiger partial charge in [-0.15, -0.1) is 0 Å². The van der Waals surface area contributed by atoms with E-state index in [-0.39, 0.29) is 0 Å². The average Bonchev–Trinajstić information content (AvgIpc) is 3.16. The van der Waals surface area contributed by atoms with Crippen LogP contribution in [0.1, 0.15) is 52.6 Å². The van der Waals surface area contributed by atoms with Gasteiger partial charge in [-0.1, -0.05) is 162 Å². The molecule has 0 unspecified atom stereocenters. The summed E-state index contributed by atoms with van der Waals surface area (Å²) < 4.78 is 15.3. The predicted octanol–water partition coefficient (Wildman–Crippen LogP) is 9.12. The van der Waals surface area contributed by atoms with Crippen molar-refractivity contribution in [2.75, 3.05) is 0 Å². The Morgan fingerprint density at radius 3 is 1.10 bits per heavy atom. The minimum absolute atomic E-state index is 0.296. The van der Waals surface area contributed by atoms with E-state index >= 15 is 0 Å². The minimum atomic E-state index is -0.850. The predicted molar refractivity (Wildman–Crippen MR) is 221 cm³/mol. The molecule has 0 amide bonds. The van der Waals surface area contributed by atoms with Gasteiger partial charge in [0, 0.05) is 22.4 Å². The lowest BCUT2D eigenvalue weighted by atomic mass is 9.68. The van der Waals surface area contributed by atoms with E-state index in [9.17, 15) is 0 Å². The van der Waals surface area contributed by atoms with Gasteiger partial charge in [-0.25, -0.2) is 0 Å². The van der Waals surface area contributed by atoms with Gasteiger partial charge in [0.2, 0.25) is 0 Å². The number of ether oxygens (including phenoxy) is 2. The highest BCUT2D eigenvalue weighted by molar-refractivity contribution is 7.80. The Morgan fingerprint density at radius 2 is 0.769 bits per heavy atom. The molecule has 0 N–H and O–H groups in total. The summed E-state index contributed by atoms with van der Waals surface area (Å²) in [4.78, 5) is 0. The lowest BCUT2D eigenvalue weighted by molar-refractivity contribution is -0.225. The molecule has 6 aromatic carbocycles. The molecule has 52 heavy (non-hydrogen) atoms. The van der Waals surface area contributed by atoms with Gasteiger partial charge in [0.25, 0.3) is 5.79 Å². The SMILES string of the molecule is Cc1ccc(P(c2ccc(C)cc2)c2cccc3c2OC24Oc5c(cccc5P(c5ccc(C)cc5)c5ccc(C)cc5)C[C@@H]2CCC[C@H]4C3)cc1. The number of fused-ring (bicyclic) bond motifs is 2. The van der Waals surface area contributed by atoms with Gasteiger partial charge in [-0.05, 0) is 102 Å². The Hall–Kier alpha value is -4.22. The maximum Gasteiger partial charge on any atom is 0.257 e. The smallest absolute Gasteiger partial charge is 0.257 e. The maximum atomic E-state index is 7.67. The van der Waals surface area contributed by atoms with Crippen molar-refractivity contribution in [1.82, 2.24) is 0 Å². The van der Waals surface area contributed by atoms with Gasteiger partial charge in [0.05, 0.1) is 0 Å². The molecule has 0 aromatic heterocycles. The number of aryl methyl sites for hydroxylation is 4. The van der Waals surface area contributed by atoms with Gasteiger partial charge in [-0.3, -0.25) is 0 Å². The maximum absolute atomic E-state index is 7.67. The topological polar surface area (TPSA) is 18.5 Å². The van der Waals surface area contributed by atoms with E-state index in [4.69, 9.17) is 9.47 Å². The van der Waals surface area contributed by atoms with Crippen LogP contribution in [0.5, 0.6) is 11.5 Å². The van der Waals surface area contributed by atoms with E-state index in [1.54, 1.807) is 0 Å². The van der Waals surface area contributed by atoms with E-state index in [1.165, 1.54) is 71.6 Å². The Morgan fingerprint density at radius 1 is 0.442 bits per heavy atom. The molecule has 3 aliphatic rings. The highest BCUT2D eigenvalue weighted by atomic mass is 31.1. The first-order valence-electron chi connectivity index (χ1n) is 18.8. The highest BCUT2D eigenvalue weighted by Gasteiger charge is 2.57. The number of benzene rings is 6. The lowest BCUT2D eigenvalue weighted by Crippen LogP contribution is -2.62. The molecule has 1 fully saturated rings. The molecular weight excluding hydrogens is 670 g/mol. The van der Waals surface area contributed by atoms with Crippen LogP contribution in [0.15, 0.2) is 133 Å². The molecule has 6 aromatic rings. The van der Waals surface area contributed by atoms with Gasteiger partial charge >= 0.3 is 0 Å². The van der Waals surface area contributed by atoms with Crippen molar-refractivity contribution in [3.63, 3.8) is 0 Å². The molecule has 1 spiro atoms. The fourth-order valence-electron chi connectivity index (χ4n) is 8.72. The Kier molecular flexibility index (Phi) is 8.82. The molecule has 4 heteroatoms. The van der Waals surface area contributed by atoms with Crippen molar-refractivity contribution in [2.24, 2.45) is 11.8 Å². The lowest BCUT2D eigenvalue weighted by Gasteiger charge is -2.54. The fraction of sp³-hybridized carbons (Fsp3) is 0.250. The quantitative estimate of drug-likeness (QED) is 0.160. The zero-order valence-electron chi connectivity index (χ0n) is 30.6. The van der Waals surface area contributed by atoms with E-state index < -0.39 is 21.6 Å². The van der Waals surface area contributed by atoms with Crippen molar-refractivity contribution in [1.29, 1.82) is 0 Å². The van der Waals surface area contributed by atoms with Crippen LogP contribution in [0.4, 0.5) is 0 Å². The summed E-state index contributed by atoms with van der Waals surface area (Å²) in [6.07, 6.45) is 5.41. The number of hydrogen-bond donors (Lipinski definition) is 0. The molecule has 2 aliphatic heterocycles. The summed E-state index contributed by atoms with van der Waals surface area (Å²) in [5.74, 6) is 2.00. The molecule has 260 valence electrons. The molecule has 0 bridgehead atoms. The molecule has 2 atom stereocenters. The second-order valence-corrected chi connectivity index (χ2v) is 19.6. The first-order valence-corrected chi connectivity index (χ1v) is 21.5. The van der Waals surface area contributed by atoms with Crippen molar-refractivity contribution < 1.29 is 9.47 Å². The van der Waals surface area contributed by atoms with Crippen LogP contribution in [-0.2, 0) is 12.8 Å². The average molecular weight is 717 g/mol. The molecule has 2 heterocycles. The minimum Gasteiger partial charge on any atom is -0.451 e. The third-order valence-corrected chi connectivity index (χ3v) is 16.4. The van der Waals surface area contributed by atoms with Crippen LogP contribution in [0.3, 0.4) is 0 Å². The zero-order valence-corrected chi connectivity index (χ0v) is 32.4. The standard InChI is InChI=1S/C48H46O2P2/c1-32-14-22-40(23-15-32)51(41-24-16-33(2)17-25-41)44-12-5-8-36-30-38-10-7-11-39-31-37-9-6-13-45(47(37)50-48(38,39)49-46(36)44)52(42-26-18-34(3)19-27-42)43-28-20-35(4)21-29-43/h5-6,8-9,12-29,38-39H,7,10-11,30-31H2,1-4H3/t38-,39-,48?/m0/s1. The van der Waals surface area contributed by atoms with Crippen LogP contribution >= 0.6 is 15.8 Å². The number of para-hydroxylation sites is 2. The largest absolute Gasteiger partial charge is 0.451 e. The van der Waals surface area contributed by atoms with Gasteiger partial charge in [0.15, 0.2) is 0 Å². The summed E-state index contributed by atoms with van der Waals surface area (Å²) in [7, 11) is -1.70. The van der Waals surface area contributed by atoms with Crippen molar-refractivity contribution in [3.8, 4) is 11.5 Å². The van der Waals surface area contributed by atoms with E-state index in [2.05, 4.69) is 161 Å². The molecule has 0 radical (unpaired) electrons. The monoisotopic (exact) mass is 716 g/mol. The van der Waals surface area contributed by atoms with Gasteiger partial charge in [-0.2, -0.15) is 0 Å². The van der Waals surface area contributed by atoms with E-state index in [1.807, 2.05) is 0 Å². The second kappa shape index (κ2) is 13.6. The molecule has 1 aliphatic carbocycles. The Bertz CT molecular complexity index is 1970. The molecular formula is C48H46O2P2. The van der Waals surface area contributed by atoms with Gasteiger partial charge in [0.1, 0.15) is 11.5 Å². The Balaban J connectivity index is 1.18. The molecule has 1 saturated carbocycles. The van der Waals surface area contributed by atoms with Crippen molar-refractivity contribution in [3.05, 3.63) is 167 Å². The first kappa shape index (κ1) is 33.6.